The summed E-state index contributed by atoms with van der Waals surface area (Å²) in [5, 5.41) is 12.2. The average Bonchev–Trinajstić information content (AvgIpc) is 2.28. The second-order valence-electron chi connectivity index (χ2n) is 3.28. The third kappa shape index (κ3) is 3.34. The van der Waals surface area contributed by atoms with Crippen molar-refractivity contribution >= 4 is 12.2 Å². The summed E-state index contributed by atoms with van der Waals surface area (Å²) in [5.41, 5.74) is 3.98. The van der Waals surface area contributed by atoms with Crippen molar-refractivity contribution < 1.29 is 9.90 Å². The van der Waals surface area contributed by atoms with E-state index in [0.717, 1.165) is 11.1 Å². The molecule has 6 N–H and O–H groups in total. The molecular weight excluding hydrogens is 208 g/mol. The molecule has 1 aromatic rings. The highest BCUT2D eigenvalue weighted by Gasteiger charge is 2.15. The van der Waals surface area contributed by atoms with Gasteiger partial charge in [0.2, 0.25) is 0 Å². The van der Waals surface area contributed by atoms with Crippen LogP contribution in [0.4, 0.5) is 0 Å². The van der Waals surface area contributed by atoms with Gasteiger partial charge in [0.05, 0.1) is 6.21 Å². The van der Waals surface area contributed by atoms with Gasteiger partial charge in [-0.25, -0.2) is 5.43 Å². The van der Waals surface area contributed by atoms with Crippen molar-refractivity contribution in [2.75, 3.05) is 0 Å². The smallest absolute Gasteiger partial charge is 0.322 e. The summed E-state index contributed by atoms with van der Waals surface area (Å²) < 4.78 is 0. The number of hydrogen-bond acceptors (Lipinski definition) is 5. The van der Waals surface area contributed by atoms with Crippen LogP contribution < -0.4 is 17.1 Å². The van der Waals surface area contributed by atoms with Crippen LogP contribution in [-0.4, -0.2) is 23.3 Å². The van der Waals surface area contributed by atoms with Crippen molar-refractivity contribution in [1.82, 2.24) is 5.43 Å². The average molecular weight is 222 g/mol. The lowest BCUT2D eigenvalue weighted by Crippen LogP contribution is -2.42. The van der Waals surface area contributed by atoms with Crippen LogP contribution in [0.25, 0.3) is 0 Å². The van der Waals surface area contributed by atoms with Gasteiger partial charge < -0.3 is 10.9 Å². The molecule has 0 heterocycles. The zero-order valence-electron chi connectivity index (χ0n) is 8.63. The molecule has 16 heavy (non-hydrogen) atoms. The fourth-order valence-electron chi connectivity index (χ4n) is 1.28. The first kappa shape index (κ1) is 12.2. The zero-order chi connectivity index (χ0) is 12.0. The Labute approximate surface area is 92.9 Å². The summed E-state index contributed by atoms with van der Waals surface area (Å²) in [7, 11) is 0. The predicted octanol–water partition coefficient (Wildman–Crippen LogP) is -0.562. The molecule has 1 aromatic carbocycles. The molecule has 0 aliphatic rings. The second-order valence-corrected chi connectivity index (χ2v) is 3.28. The number of nitrogens with two attached hydrogens (primary N) is 2. The van der Waals surface area contributed by atoms with E-state index in [1.54, 1.807) is 12.1 Å². The molecule has 86 valence electrons. The van der Waals surface area contributed by atoms with E-state index in [4.69, 9.17) is 16.8 Å². The van der Waals surface area contributed by atoms with Gasteiger partial charge in [-0.1, -0.05) is 24.3 Å². The first-order valence-electron chi connectivity index (χ1n) is 4.68. The lowest BCUT2D eigenvalue weighted by molar-refractivity contribution is -0.139. The minimum absolute atomic E-state index is 0.325. The molecule has 0 fully saturated rings. The Balaban J connectivity index is 2.71. The first-order valence-corrected chi connectivity index (χ1v) is 4.68. The third-order valence-electron chi connectivity index (χ3n) is 2.14. The topological polar surface area (TPSA) is 114 Å². The Morgan fingerprint density at radius 3 is 2.56 bits per heavy atom. The molecule has 6 heteroatoms. The molecule has 0 amide bonds. The van der Waals surface area contributed by atoms with Gasteiger partial charge in [0.15, 0.2) is 0 Å². The number of aliphatic carboxylic acids is 1. The maximum atomic E-state index is 10.7. The Kier molecular flexibility index (Phi) is 4.43. The molecule has 6 nitrogen and oxygen atoms in total. The summed E-state index contributed by atoms with van der Waals surface area (Å²) in [6, 6.07) is 6.45. The number of nitrogens with zero attached hydrogens (tertiary/aromatic N) is 1. The van der Waals surface area contributed by atoms with Gasteiger partial charge in [-0.2, -0.15) is 5.10 Å². The van der Waals surface area contributed by atoms with Crippen molar-refractivity contribution in [3.63, 3.8) is 0 Å². The second kappa shape index (κ2) is 5.84. The molecule has 0 aliphatic heterocycles. The predicted molar refractivity (Wildman–Crippen MR) is 60.7 cm³/mol. The van der Waals surface area contributed by atoms with Crippen LogP contribution in [-0.2, 0) is 11.2 Å². The van der Waals surface area contributed by atoms with E-state index >= 15 is 0 Å². The molecular formula is C10H14N4O2. The Hall–Kier alpha value is -1.92. The monoisotopic (exact) mass is 222 g/mol. The number of hydrazine groups is 1. The van der Waals surface area contributed by atoms with Gasteiger partial charge in [-0.3, -0.25) is 10.6 Å². The number of hydrogen-bond donors (Lipinski definition) is 4. The van der Waals surface area contributed by atoms with Crippen LogP contribution in [0.5, 0.6) is 0 Å². The van der Waals surface area contributed by atoms with Crippen molar-refractivity contribution in [3.05, 3.63) is 35.4 Å². The van der Waals surface area contributed by atoms with Crippen LogP contribution in [0.2, 0.25) is 0 Å². The number of carboxylic acids is 1. The summed E-state index contributed by atoms with van der Waals surface area (Å²) in [4.78, 5) is 10.7. The SMILES string of the molecule is NN=Cc1ccc(CC(NN)C(=O)O)cc1. The maximum Gasteiger partial charge on any atom is 0.322 e. The van der Waals surface area contributed by atoms with Gasteiger partial charge in [0, 0.05) is 0 Å². The molecule has 0 bridgehead atoms. The van der Waals surface area contributed by atoms with Crippen LogP contribution in [0.15, 0.2) is 29.4 Å². The summed E-state index contributed by atoms with van der Waals surface area (Å²) >= 11 is 0. The fourth-order valence-corrected chi connectivity index (χ4v) is 1.28. The Morgan fingerprint density at radius 1 is 1.50 bits per heavy atom. The van der Waals surface area contributed by atoms with Crippen LogP contribution in [0.1, 0.15) is 11.1 Å². The quantitative estimate of drug-likeness (QED) is 0.303. The Morgan fingerprint density at radius 2 is 2.12 bits per heavy atom. The number of nitrogens with one attached hydrogen (secondary N) is 1. The molecule has 1 atom stereocenters. The zero-order valence-corrected chi connectivity index (χ0v) is 8.63. The molecule has 0 saturated heterocycles. The highest BCUT2D eigenvalue weighted by Crippen LogP contribution is 2.05. The third-order valence-corrected chi connectivity index (χ3v) is 2.14. The van der Waals surface area contributed by atoms with Crippen LogP contribution >= 0.6 is 0 Å². The summed E-state index contributed by atoms with van der Waals surface area (Å²) in [6.07, 6.45) is 1.84. The fraction of sp³-hybridized carbons (Fsp3) is 0.200. The van der Waals surface area contributed by atoms with Gasteiger partial charge in [0.25, 0.3) is 0 Å². The molecule has 1 rings (SSSR count). The van der Waals surface area contributed by atoms with Gasteiger partial charge in [0.1, 0.15) is 6.04 Å². The van der Waals surface area contributed by atoms with Gasteiger partial charge in [-0.05, 0) is 17.5 Å². The van der Waals surface area contributed by atoms with E-state index in [1.165, 1.54) is 6.21 Å². The molecule has 0 aromatic heterocycles. The van der Waals surface area contributed by atoms with Crippen LogP contribution in [0, 0.1) is 0 Å². The number of rotatable bonds is 5. The van der Waals surface area contributed by atoms with Crippen molar-refractivity contribution in [2.24, 2.45) is 16.8 Å². The van der Waals surface area contributed by atoms with E-state index < -0.39 is 12.0 Å². The molecule has 1 unspecified atom stereocenters. The highest BCUT2D eigenvalue weighted by molar-refractivity contribution is 5.79. The molecule has 0 saturated carbocycles. The van der Waals surface area contributed by atoms with Crippen molar-refractivity contribution in [1.29, 1.82) is 0 Å². The molecule has 0 radical (unpaired) electrons. The van der Waals surface area contributed by atoms with E-state index in [0.29, 0.717) is 6.42 Å². The lowest BCUT2D eigenvalue weighted by Gasteiger charge is -2.10. The molecule has 0 aliphatic carbocycles. The van der Waals surface area contributed by atoms with Crippen molar-refractivity contribution in [2.45, 2.75) is 12.5 Å². The van der Waals surface area contributed by atoms with Gasteiger partial charge >= 0.3 is 5.97 Å². The number of carbonyl (C=O) groups is 1. The first-order chi connectivity index (χ1) is 7.67. The lowest BCUT2D eigenvalue weighted by atomic mass is 10.0. The maximum absolute atomic E-state index is 10.7. The highest BCUT2D eigenvalue weighted by atomic mass is 16.4. The largest absolute Gasteiger partial charge is 0.480 e. The Bertz CT molecular complexity index is 375. The summed E-state index contributed by atoms with van der Waals surface area (Å²) in [5.74, 6) is 9.16. The van der Waals surface area contributed by atoms with E-state index in [2.05, 4.69) is 10.5 Å². The van der Waals surface area contributed by atoms with E-state index in [9.17, 15) is 4.79 Å². The minimum Gasteiger partial charge on any atom is -0.480 e. The van der Waals surface area contributed by atoms with E-state index in [-0.39, 0.29) is 0 Å². The minimum atomic E-state index is -0.977. The summed E-state index contributed by atoms with van der Waals surface area (Å²) in [6.45, 7) is 0. The normalized spacial score (nSPS) is 12.8. The van der Waals surface area contributed by atoms with Gasteiger partial charge in [-0.15, -0.1) is 0 Å². The number of hydrazone groups is 1. The van der Waals surface area contributed by atoms with Crippen LogP contribution in [0.3, 0.4) is 0 Å². The number of carboxylic acid groups (broad SMARTS) is 1. The number of benzene rings is 1. The van der Waals surface area contributed by atoms with Crippen molar-refractivity contribution in [3.8, 4) is 0 Å². The van der Waals surface area contributed by atoms with E-state index in [1.807, 2.05) is 12.1 Å². The standard InChI is InChI=1S/C10H14N4O2/c11-13-6-8-3-1-7(2-4-8)5-9(14-12)10(15)16/h1-4,6,9,14H,5,11-12H2,(H,15,16). The molecule has 0 spiro atoms.